The Morgan fingerprint density at radius 2 is 2.05 bits per heavy atom. The number of nitrogens with one attached hydrogen (secondary N) is 1. The third kappa shape index (κ3) is 4.55. The highest BCUT2D eigenvalue weighted by molar-refractivity contribution is 9.10. The van der Waals surface area contributed by atoms with Gasteiger partial charge in [-0.3, -0.25) is 0 Å². The van der Waals surface area contributed by atoms with E-state index in [1.807, 2.05) is 20.0 Å². The molecule has 0 aliphatic heterocycles. The molecule has 1 rings (SSSR count). The van der Waals surface area contributed by atoms with Gasteiger partial charge in [-0.2, -0.15) is 0 Å². The standard InChI is InChI=1S/C15H23BrFNO/c1-5-19-15(10(2)3)13(18-4)9-11-7-6-8-12(17)14(11)16/h6-8,10,13,15,18H,5,9H2,1-4H3. The van der Waals surface area contributed by atoms with Crippen LogP contribution in [0.15, 0.2) is 22.7 Å². The summed E-state index contributed by atoms with van der Waals surface area (Å²) in [5, 5.41) is 3.30. The highest BCUT2D eigenvalue weighted by Gasteiger charge is 2.24. The van der Waals surface area contributed by atoms with Crippen molar-refractivity contribution in [1.29, 1.82) is 0 Å². The Balaban J connectivity index is 2.88. The van der Waals surface area contributed by atoms with Crippen molar-refractivity contribution in [3.05, 3.63) is 34.1 Å². The summed E-state index contributed by atoms with van der Waals surface area (Å²) in [5.74, 6) is 0.189. The lowest BCUT2D eigenvalue weighted by molar-refractivity contribution is 0.00530. The maximum absolute atomic E-state index is 13.5. The van der Waals surface area contributed by atoms with Gasteiger partial charge in [-0.05, 0) is 53.9 Å². The maximum atomic E-state index is 13.5. The molecule has 0 bridgehead atoms. The number of rotatable bonds is 7. The predicted molar refractivity (Wildman–Crippen MR) is 80.9 cm³/mol. The summed E-state index contributed by atoms with van der Waals surface area (Å²) in [5.41, 5.74) is 0.963. The minimum absolute atomic E-state index is 0.116. The lowest BCUT2D eigenvalue weighted by atomic mass is 9.94. The molecule has 0 heterocycles. The average molecular weight is 332 g/mol. The van der Waals surface area contributed by atoms with Gasteiger partial charge in [-0.1, -0.05) is 26.0 Å². The van der Waals surface area contributed by atoms with Crippen LogP contribution in [0.5, 0.6) is 0 Å². The second kappa shape index (κ2) is 7.98. The summed E-state index contributed by atoms with van der Waals surface area (Å²) in [6.07, 6.45) is 0.850. The van der Waals surface area contributed by atoms with Crippen LogP contribution >= 0.6 is 15.9 Å². The molecule has 108 valence electrons. The fourth-order valence-corrected chi connectivity index (χ4v) is 2.72. The number of halogens is 2. The van der Waals surface area contributed by atoms with Gasteiger partial charge in [0.2, 0.25) is 0 Å². The van der Waals surface area contributed by atoms with Crippen LogP contribution in [-0.4, -0.2) is 25.8 Å². The van der Waals surface area contributed by atoms with Gasteiger partial charge >= 0.3 is 0 Å². The molecule has 1 aromatic rings. The van der Waals surface area contributed by atoms with Gasteiger partial charge in [0.1, 0.15) is 5.82 Å². The Hall–Kier alpha value is -0.450. The molecule has 2 atom stereocenters. The van der Waals surface area contributed by atoms with E-state index in [0.29, 0.717) is 17.0 Å². The SMILES string of the molecule is CCOC(C(C)C)C(Cc1cccc(F)c1Br)NC. The van der Waals surface area contributed by atoms with Gasteiger partial charge < -0.3 is 10.1 Å². The van der Waals surface area contributed by atoms with Crippen LogP contribution in [0.4, 0.5) is 4.39 Å². The van der Waals surface area contributed by atoms with Crippen molar-refractivity contribution < 1.29 is 9.13 Å². The molecule has 0 aliphatic carbocycles. The quantitative estimate of drug-likeness (QED) is 0.820. The summed E-state index contributed by atoms with van der Waals surface area (Å²) in [7, 11) is 1.92. The molecule has 2 unspecified atom stereocenters. The normalized spacial score (nSPS) is 14.7. The zero-order valence-corrected chi connectivity index (χ0v) is 13.6. The fraction of sp³-hybridized carbons (Fsp3) is 0.600. The minimum atomic E-state index is -0.218. The first-order chi connectivity index (χ1) is 9.01. The largest absolute Gasteiger partial charge is 0.377 e. The van der Waals surface area contributed by atoms with E-state index < -0.39 is 0 Å². The van der Waals surface area contributed by atoms with Gasteiger partial charge in [0.25, 0.3) is 0 Å². The molecule has 2 nitrogen and oxygen atoms in total. The van der Waals surface area contributed by atoms with Crippen molar-refractivity contribution in [2.75, 3.05) is 13.7 Å². The van der Waals surface area contributed by atoms with Crippen molar-refractivity contribution >= 4 is 15.9 Å². The highest BCUT2D eigenvalue weighted by Crippen LogP contribution is 2.24. The van der Waals surface area contributed by atoms with E-state index in [9.17, 15) is 4.39 Å². The van der Waals surface area contributed by atoms with E-state index in [1.54, 1.807) is 6.07 Å². The maximum Gasteiger partial charge on any atom is 0.137 e. The Kier molecular flexibility index (Phi) is 6.97. The molecule has 0 aliphatic rings. The van der Waals surface area contributed by atoms with Gasteiger partial charge in [0, 0.05) is 12.6 Å². The Bertz CT molecular complexity index is 398. The lowest BCUT2D eigenvalue weighted by Gasteiger charge is -2.30. The van der Waals surface area contributed by atoms with Crippen molar-refractivity contribution in [1.82, 2.24) is 5.32 Å². The van der Waals surface area contributed by atoms with Crippen LogP contribution in [0.1, 0.15) is 26.3 Å². The van der Waals surface area contributed by atoms with Crippen molar-refractivity contribution in [2.24, 2.45) is 5.92 Å². The van der Waals surface area contributed by atoms with Crippen molar-refractivity contribution in [3.8, 4) is 0 Å². The first kappa shape index (κ1) is 16.6. The van der Waals surface area contributed by atoms with E-state index >= 15 is 0 Å². The molecule has 0 spiro atoms. The van der Waals surface area contributed by atoms with E-state index in [0.717, 1.165) is 12.0 Å². The van der Waals surface area contributed by atoms with Crippen LogP contribution in [0.2, 0.25) is 0 Å². The molecule has 0 amide bonds. The summed E-state index contributed by atoms with van der Waals surface area (Å²) < 4.78 is 19.9. The second-order valence-electron chi connectivity index (χ2n) is 4.98. The van der Waals surface area contributed by atoms with Crippen LogP contribution in [0.3, 0.4) is 0 Å². The summed E-state index contributed by atoms with van der Waals surface area (Å²) in [6, 6.07) is 5.32. The first-order valence-corrected chi connectivity index (χ1v) is 7.52. The topological polar surface area (TPSA) is 21.3 Å². The Labute approximate surface area is 123 Å². The monoisotopic (exact) mass is 331 g/mol. The number of ether oxygens (including phenoxy) is 1. The lowest BCUT2D eigenvalue weighted by Crippen LogP contribution is -2.44. The molecule has 1 N–H and O–H groups in total. The first-order valence-electron chi connectivity index (χ1n) is 6.73. The number of benzene rings is 1. The van der Waals surface area contributed by atoms with Crippen LogP contribution in [0.25, 0.3) is 0 Å². The summed E-state index contributed by atoms with van der Waals surface area (Å²) in [4.78, 5) is 0. The highest BCUT2D eigenvalue weighted by atomic mass is 79.9. The number of hydrogen-bond acceptors (Lipinski definition) is 2. The van der Waals surface area contributed by atoms with Crippen molar-refractivity contribution in [2.45, 2.75) is 39.3 Å². The molecule has 0 radical (unpaired) electrons. The zero-order chi connectivity index (χ0) is 14.4. The van der Waals surface area contributed by atoms with Crippen molar-refractivity contribution in [3.63, 3.8) is 0 Å². The van der Waals surface area contributed by atoms with Gasteiger partial charge in [-0.25, -0.2) is 4.39 Å². The molecule has 4 heteroatoms. The molecule has 1 aromatic carbocycles. The molecular weight excluding hydrogens is 309 g/mol. The van der Waals surface area contributed by atoms with Crippen LogP contribution < -0.4 is 5.32 Å². The fourth-order valence-electron chi connectivity index (χ4n) is 2.29. The Morgan fingerprint density at radius 1 is 1.37 bits per heavy atom. The third-order valence-electron chi connectivity index (χ3n) is 3.25. The predicted octanol–water partition coefficient (Wildman–Crippen LogP) is 3.78. The molecule has 0 fully saturated rings. The van der Waals surface area contributed by atoms with Crippen LogP contribution in [0, 0.1) is 11.7 Å². The number of hydrogen-bond donors (Lipinski definition) is 1. The third-order valence-corrected chi connectivity index (χ3v) is 4.14. The van der Waals surface area contributed by atoms with Gasteiger partial charge in [0.15, 0.2) is 0 Å². The molecule has 0 aromatic heterocycles. The molecule has 0 saturated heterocycles. The molecule has 19 heavy (non-hydrogen) atoms. The number of likely N-dealkylation sites (N-methyl/N-ethyl adjacent to an activating group) is 1. The summed E-state index contributed by atoms with van der Waals surface area (Å²) >= 11 is 3.32. The Morgan fingerprint density at radius 3 is 2.58 bits per heavy atom. The molecular formula is C15H23BrFNO. The zero-order valence-electron chi connectivity index (χ0n) is 12.0. The van der Waals surface area contributed by atoms with E-state index in [2.05, 4.69) is 35.1 Å². The minimum Gasteiger partial charge on any atom is -0.377 e. The second-order valence-corrected chi connectivity index (χ2v) is 5.77. The van der Waals surface area contributed by atoms with E-state index in [4.69, 9.17) is 4.74 Å². The average Bonchev–Trinajstić information content (AvgIpc) is 2.38. The van der Waals surface area contributed by atoms with Gasteiger partial charge in [-0.15, -0.1) is 0 Å². The van der Waals surface area contributed by atoms with E-state index in [1.165, 1.54) is 6.07 Å². The van der Waals surface area contributed by atoms with E-state index in [-0.39, 0.29) is 18.0 Å². The summed E-state index contributed by atoms with van der Waals surface area (Å²) in [6.45, 7) is 6.97. The molecule has 0 saturated carbocycles. The smallest absolute Gasteiger partial charge is 0.137 e. The van der Waals surface area contributed by atoms with Crippen LogP contribution in [-0.2, 0) is 11.2 Å². The van der Waals surface area contributed by atoms with Gasteiger partial charge in [0.05, 0.1) is 10.6 Å².